The maximum absolute atomic E-state index is 2.42. The van der Waals surface area contributed by atoms with Crippen molar-refractivity contribution in [3.05, 3.63) is 212 Å². The second kappa shape index (κ2) is 13.3. The summed E-state index contributed by atoms with van der Waals surface area (Å²) in [5.41, 5.74) is 13.0. The van der Waals surface area contributed by atoms with Crippen LogP contribution in [0.2, 0.25) is 0 Å². The van der Waals surface area contributed by atoms with Crippen LogP contribution in [0.3, 0.4) is 0 Å². The van der Waals surface area contributed by atoms with Gasteiger partial charge in [0.05, 0.1) is 5.69 Å². The molecule has 0 saturated heterocycles. The van der Waals surface area contributed by atoms with E-state index in [0.29, 0.717) is 0 Å². The van der Waals surface area contributed by atoms with Gasteiger partial charge in [0.15, 0.2) is 0 Å². The zero-order valence-electron chi connectivity index (χ0n) is 28.2. The molecule has 240 valence electrons. The molecule has 9 rings (SSSR count). The van der Waals surface area contributed by atoms with Crippen LogP contribution >= 0.6 is 0 Å². The summed E-state index contributed by atoms with van der Waals surface area (Å²) >= 11 is 0. The van der Waals surface area contributed by atoms with Crippen LogP contribution in [0.4, 0.5) is 17.1 Å². The lowest BCUT2D eigenvalue weighted by Crippen LogP contribution is -2.11. The number of hydrogen-bond acceptors (Lipinski definition) is 1. The van der Waals surface area contributed by atoms with E-state index in [9.17, 15) is 0 Å². The first kappa shape index (κ1) is 30.4. The van der Waals surface area contributed by atoms with Crippen LogP contribution in [-0.4, -0.2) is 0 Å². The van der Waals surface area contributed by atoms with Gasteiger partial charge in [-0.05, 0) is 97.1 Å². The van der Waals surface area contributed by atoms with Gasteiger partial charge in [0, 0.05) is 16.8 Å². The third-order valence-electron chi connectivity index (χ3n) is 9.85. The summed E-state index contributed by atoms with van der Waals surface area (Å²) in [5.74, 6) is 0. The molecule has 0 unspecified atom stereocenters. The van der Waals surface area contributed by atoms with Gasteiger partial charge in [-0.1, -0.05) is 176 Å². The van der Waals surface area contributed by atoms with E-state index in [0.717, 1.165) is 17.1 Å². The monoisotopic (exact) mass is 649 g/mol. The van der Waals surface area contributed by atoms with Crippen molar-refractivity contribution in [2.75, 3.05) is 4.90 Å². The lowest BCUT2D eigenvalue weighted by Gasteiger charge is -2.28. The molecule has 0 aliphatic carbocycles. The normalized spacial score (nSPS) is 11.1. The summed E-state index contributed by atoms with van der Waals surface area (Å²) in [4.78, 5) is 2.42. The maximum atomic E-state index is 2.42. The highest BCUT2D eigenvalue weighted by atomic mass is 15.1. The number of rotatable bonds is 7. The van der Waals surface area contributed by atoms with Gasteiger partial charge < -0.3 is 4.90 Å². The van der Waals surface area contributed by atoms with E-state index in [2.05, 4.69) is 217 Å². The highest BCUT2D eigenvalue weighted by molar-refractivity contribution is 6.14. The number of nitrogens with zero attached hydrogens (tertiary/aromatic N) is 1. The topological polar surface area (TPSA) is 3.24 Å². The molecule has 9 aromatic carbocycles. The lowest BCUT2D eigenvalue weighted by atomic mass is 9.91. The molecule has 0 aromatic heterocycles. The van der Waals surface area contributed by atoms with Gasteiger partial charge in [0.1, 0.15) is 0 Å². The van der Waals surface area contributed by atoms with Crippen LogP contribution in [0, 0.1) is 0 Å². The minimum atomic E-state index is 1.10. The summed E-state index contributed by atoms with van der Waals surface area (Å²) in [6.45, 7) is 0. The minimum absolute atomic E-state index is 1.10. The van der Waals surface area contributed by atoms with E-state index in [1.54, 1.807) is 0 Å². The van der Waals surface area contributed by atoms with Gasteiger partial charge in [-0.25, -0.2) is 0 Å². The fraction of sp³-hybridized carbons (Fsp3) is 0. The SMILES string of the molecule is c1ccc(-c2ccc(N(c3cccc(-c4ccc(-c5ccccc5)cc4-c4ccccc4)c3)c3cc4ccccc4c4ccccc34)cc2)cc1. The Balaban J connectivity index is 1.24. The Bertz CT molecular complexity index is 2610. The van der Waals surface area contributed by atoms with Crippen LogP contribution in [0.5, 0.6) is 0 Å². The smallest absolute Gasteiger partial charge is 0.0546 e. The molecule has 9 aromatic rings. The van der Waals surface area contributed by atoms with Gasteiger partial charge in [-0.3, -0.25) is 0 Å². The molecule has 0 spiro atoms. The lowest BCUT2D eigenvalue weighted by molar-refractivity contribution is 1.30. The van der Waals surface area contributed by atoms with Gasteiger partial charge in [-0.2, -0.15) is 0 Å². The largest absolute Gasteiger partial charge is 0.310 e. The zero-order chi connectivity index (χ0) is 34.0. The number of fused-ring (bicyclic) bond motifs is 3. The van der Waals surface area contributed by atoms with Crippen molar-refractivity contribution in [2.45, 2.75) is 0 Å². The fourth-order valence-electron chi connectivity index (χ4n) is 7.36. The first-order valence-electron chi connectivity index (χ1n) is 17.5. The molecule has 51 heavy (non-hydrogen) atoms. The number of hydrogen-bond donors (Lipinski definition) is 0. The first-order chi connectivity index (χ1) is 25.3. The van der Waals surface area contributed by atoms with E-state index >= 15 is 0 Å². The highest BCUT2D eigenvalue weighted by Crippen LogP contribution is 2.44. The van der Waals surface area contributed by atoms with Crippen molar-refractivity contribution < 1.29 is 0 Å². The van der Waals surface area contributed by atoms with Gasteiger partial charge >= 0.3 is 0 Å². The zero-order valence-corrected chi connectivity index (χ0v) is 28.2. The molecule has 0 N–H and O–H groups in total. The number of anilines is 3. The molecule has 0 aliphatic heterocycles. The summed E-state index contributed by atoms with van der Waals surface area (Å²) in [6, 6.07) is 76.7. The van der Waals surface area contributed by atoms with Crippen molar-refractivity contribution in [1.82, 2.24) is 0 Å². The van der Waals surface area contributed by atoms with Crippen LogP contribution in [-0.2, 0) is 0 Å². The molecule has 0 fully saturated rings. The third kappa shape index (κ3) is 5.86. The molecule has 1 nitrogen and oxygen atoms in total. The van der Waals surface area contributed by atoms with Crippen molar-refractivity contribution in [3.63, 3.8) is 0 Å². The maximum Gasteiger partial charge on any atom is 0.0546 e. The van der Waals surface area contributed by atoms with Gasteiger partial charge in [-0.15, -0.1) is 0 Å². The van der Waals surface area contributed by atoms with Crippen molar-refractivity contribution in [1.29, 1.82) is 0 Å². The molecular weight excluding hydrogens is 615 g/mol. The number of benzene rings is 9. The van der Waals surface area contributed by atoms with Crippen LogP contribution < -0.4 is 4.90 Å². The van der Waals surface area contributed by atoms with Gasteiger partial charge in [0.25, 0.3) is 0 Å². The molecule has 0 saturated carbocycles. The van der Waals surface area contributed by atoms with Crippen LogP contribution in [0.1, 0.15) is 0 Å². The van der Waals surface area contributed by atoms with E-state index in [4.69, 9.17) is 0 Å². The Labute approximate surface area is 299 Å². The Kier molecular flexibility index (Phi) is 7.92. The average molecular weight is 650 g/mol. The molecular formula is C50H35N. The van der Waals surface area contributed by atoms with Gasteiger partial charge in [0.2, 0.25) is 0 Å². The minimum Gasteiger partial charge on any atom is -0.310 e. The van der Waals surface area contributed by atoms with Crippen LogP contribution in [0.15, 0.2) is 212 Å². The Morgan fingerprint density at radius 1 is 0.255 bits per heavy atom. The highest BCUT2D eigenvalue weighted by Gasteiger charge is 2.19. The molecule has 0 radical (unpaired) electrons. The van der Waals surface area contributed by atoms with E-state index in [1.807, 2.05) is 0 Å². The Hall–Kier alpha value is -6.70. The van der Waals surface area contributed by atoms with Crippen molar-refractivity contribution in [2.24, 2.45) is 0 Å². The Morgan fingerprint density at radius 3 is 1.49 bits per heavy atom. The van der Waals surface area contributed by atoms with E-state index in [-0.39, 0.29) is 0 Å². The summed E-state index contributed by atoms with van der Waals surface area (Å²) in [7, 11) is 0. The summed E-state index contributed by atoms with van der Waals surface area (Å²) in [5, 5.41) is 4.94. The Morgan fingerprint density at radius 2 is 0.784 bits per heavy atom. The predicted molar refractivity (Wildman–Crippen MR) is 218 cm³/mol. The fourth-order valence-corrected chi connectivity index (χ4v) is 7.36. The quantitative estimate of drug-likeness (QED) is 0.155. The molecule has 0 amide bonds. The van der Waals surface area contributed by atoms with E-state index < -0.39 is 0 Å². The predicted octanol–water partition coefficient (Wildman–Crippen LogP) is 14.1. The first-order valence-corrected chi connectivity index (χ1v) is 17.5. The summed E-state index contributed by atoms with van der Waals surface area (Å²) < 4.78 is 0. The molecule has 0 atom stereocenters. The summed E-state index contributed by atoms with van der Waals surface area (Å²) in [6.07, 6.45) is 0. The molecule has 1 heteroatoms. The second-order valence-electron chi connectivity index (χ2n) is 13.0. The average Bonchev–Trinajstić information content (AvgIpc) is 3.22. The van der Waals surface area contributed by atoms with Crippen molar-refractivity contribution in [3.8, 4) is 44.5 Å². The second-order valence-corrected chi connectivity index (χ2v) is 13.0. The molecule has 0 aliphatic rings. The molecule has 0 bridgehead atoms. The van der Waals surface area contributed by atoms with E-state index in [1.165, 1.54) is 66.1 Å². The third-order valence-corrected chi connectivity index (χ3v) is 9.85. The van der Waals surface area contributed by atoms with Crippen molar-refractivity contribution >= 4 is 38.6 Å². The van der Waals surface area contributed by atoms with Crippen LogP contribution in [0.25, 0.3) is 66.1 Å². The standard InChI is InChI=1S/C50H35N/c1-4-15-36(16-5-1)38-27-30-43(31-28-38)51(50-35-42-21-10-11-24-45(42)47-25-12-13-26-48(47)50)44-23-14-22-41(33-44)46-32-29-40(37-17-6-2-7-18-37)34-49(46)39-19-8-3-9-20-39/h1-35H. The molecule has 0 heterocycles.